The van der Waals surface area contributed by atoms with E-state index in [2.05, 4.69) is 15.5 Å². The largest absolute Gasteiger partial charge is 0.335 e. The Bertz CT molecular complexity index is 483. The van der Waals surface area contributed by atoms with Crippen molar-refractivity contribution < 1.29 is 9.59 Å². The summed E-state index contributed by atoms with van der Waals surface area (Å²) in [6, 6.07) is 1.90. The van der Waals surface area contributed by atoms with Crippen LogP contribution in [0.4, 0.5) is 0 Å². The average Bonchev–Trinajstić information content (AvgIpc) is 2.56. The summed E-state index contributed by atoms with van der Waals surface area (Å²) in [4.78, 5) is 28.1. The molecule has 0 aromatic heterocycles. The standard InChI is InChI=1S/C15H23N5O2/c1-19-6-8-20(9-7-19)15(22)13(10-16)11-18-14(21)12-2-4-17-5-3-12/h11-12,17H,2-9H2,1H3,(H,18,21)/b13-11-. The molecule has 0 atom stereocenters. The van der Waals surface area contributed by atoms with Crippen LogP contribution in [0.2, 0.25) is 0 Å². The highest BCUT2D eigenvalue weighted by Gasteiger charge is 2.23. The van der Waals surface area contributed by atoms with Gasteiger partial charge < -0.3 is 20.4 Å². The Kier molecular flexibility index (Phi) is 5.92. The van der Waals surface area contributed by atoms with Gasteiger partial charge in [0.05, 0.1) is 0 Å². The van der Waals surface area contributed by atoms with Gasteiger partial charge >= 0.3 is 0 Å². The lowest BCUT2D eigenvalue weighted by Crippen LogP contribution is -2.47. The third-order valence-corrected chi connectivity index (χ3v) is 4.21. The lowest BCUT2D eigenvalue weighted by molar-refractivity contribution is -0.128. The number of carbonyl (C=O) groups excluding carboxylic acids is 2. The van der Waals surface area contributed by atoms with Gasteiger partial charge in [0.15, 0.2) is 0 Å². The van der Waals surface area contributed by atoms with Gasteiger partial charge in [-0.2, -0.15) is 5.26 Å². The van der Waals surface area contributed by atoms with E-state index >= 15 is 0 Å². The monoisotopic (exact) mass is 305 g/mol. The molecule has 2 rings (SSSR count). The summed E-state index contributed by atoms with van der Waals surface area (Å²) in [6.45, 7) is 4.46. The topological polar surface area (TPSA) is 88.5 Å². The maximum absolute atomic E-state index is 12.3. The number of nitriles is 1. The van der Waals surface area contributed by atoms with Crippen LogP contribution >= 0.6 is 0 Å². The minimum absolute atomic E-state index is 0.00756. The first-order valence-electron chi connectivity index (χ1n) is 7.71. The number of carbonyl (C=O) groups is 2. The Morgan fingerprint density at radius 2 is 1.86 bits per heavy atom. The summed E-state index contributed by atoms with van der Waals surface area (Å²) in [5, 5.41) is 15.0. The molecule has 2 amide bonds. The van der Waals surface area contributed by atoms with Crippen LogP contribution in [0.5, 0.6) is 0 Å². The molecule has 2 aliphatic heterocycles. The lowest BCUT2D eigenvalue weighted by atomic mass is 9.97. The van der Waals surface area contributed by atoms with Crippen molar-refractivity contribution in [1.82, 2.24) is 20.4 Å². The molecule has 120 valence electrons. The molecule has 0 aromatic carbocycles. The summed E-state index contributed by atoms with van der Waals surface area (Å²) in [6.07, 6.45) is 2.84. The molecule has 0 aromatic rings. The minimum atomic E-state index is -0.304. The second-order valence-corrected chi connectivity index (χ2v) is 5.80. The number of amides is 2. The molecular formula is C15H23N5O2. The lowest BCUT2D eigenvalue weighted by Gasteiger charge is -2.32. The number of hydrogen-bond donors (Lipinski definition) is 2. The van der Waals surface area contributed by atoms with E-state index in [0.717, 1.165) is 39.0 Å². The van der Waals surface area contributed by atoms with E-state index in [1.54, 1.807) is 4.90 Å². The van der Waals surface area contributed by atoms with Gasteiger partial charge in [-0.25, -0.2) is 0 Å². The fourth-order valence-electron chi connectivity index (χ4n) is 2.67. The molecule has 0 saturated carbocycles. The van der Waals surface area contributed by atoms with Crippen LogP contribution in [0.25, 0.3) is 0 Å². The fourth-order valence-corrected chi connectivity index (χ4v) is 2.67. The maximum Gasteiger partial charge on any atom is 0.266 e. The van der Waals surface area contributed by atoms with Crippen molar-refractivity contribution in [2.45, 2.75) is 12.8 Å². The molecule has 22 heavy (non-hydrogen) atoms. The highest BCUT2D eigenvalue weighted by atomic mass is 16.2. The summed E-state index contributed by atoms with van der Waals surface area (Å²) in [5.74, 6) is -0.460. The zero-order valence-electron chi connectivity index (χ0n) is 13.0. The summed E-state index contributed by atoms with van der Waals surface area (Å²) < 4.78 is 0. The van der Waals surface area contributed by atoms with Crippen LogP contribution in [0.1, 0.15) is 12.8 Å². The third kappa shape index (κ3) is 4.29. The first-order chi connectivity index (χ1) is 10.6. The predicted molar refractivity (Wildman–Crippen MR) is 81.5 cm³/mol. The van der Waals surface area contributed by atoms with Crippen molar-refractivity contribution >= 4 is 11.8 Å². The van der Waals surface area contributed by atoms with E-state index in [9.17, 15) is 9.59 Å². The van der Waals surface area contributed by atoms with Crippen LogP contribution in [0, 0.1) is 17.2 Å². The Labute approximate surface area is 130 Å². The van der Waals surface area contributed by atoms with E-state index in [1.165, 1.54) is 6.20 Å². The molecule has 0 radical (unpaired) electrons. The zero-order chi connectivity index (χ0) is 15.9. The fraction of sp³-hybridized carbons (Fsp3) is 0.667. The molecule has 0 bridgehead atoms. The van der Waals surface area contributed by atoms with E-state index in [-0.39, 0.29) is 23.3 Å². The second-order valence-electron chi connectivity index (χ2n) is 5.80. The molecule has 2 aliphatic rings. The van der Waals surface area contributed by atoms with Crippen molar-refractivity contribution in [2.24, 2.45) is 5.92 Å². The van der Waals surface area contributed by atoms with Crippen LogP contribution in [0.15, 0.2) is 11.8 Å². The van der Waals surface area contributed by atoms with E-state index in [1.807, 2.05) is 13.1 Å². The molecule has 7 heteroatoms. The van der Waals surface area contributed by atoms with E-state index in [4.69, 9.17) is 5.26 Å². The maximum atomic E-state index is 12.3. The number of piperazine rings is 1. The highest BCUT2D eigenvalue weighted by Crippen LogP contribution is 2.11. The highest BCUT2D eigenvalue weighted by molar-refractivity contribution is 5.97. The normalized spacial score (nSPS) is 21.3. The van der Waals surface area contributed by atoms with Crippen molar-refractivity contribution in [2.75, 3.05) is 46.3 Å². The molecule has 2 heterocycles. The number of nitrogens with one attached hydrogen (secondary N) is 2. The van der Waals surface area contributed by atoms with Gasteiger partial charge in [0.2, 0.25) is 5.91 Å². The predicted octanol–water partition coefficient (Wildman–Crippen LogP) is -0.716. The minimum Gasteiger partial charge on any atom is -0.335 e. The molecule has 0 spiro atoms. The first-order valence-corrected chi connectivity index (χ1v) is 7.71. The Morgan fingerprint density at radius 3 is 2.45 bits per heavy atom. The van der Waals surface area contributed by atoms with E-state index < -0.39 is 0 Å². The second kappa shape index (κ2) is 7.92. The molecule has 2 N–H and O–H groups in total. The van der Waals surface area contributed by atoms with Crippen LogP contribution in [0.3, 0.4) is 0 Å². The van der Waals surface area contributed by atoms with Crippen molar-refractivity contribution in [3.05, 3.63) is 11.8 Å². The van der Waals surface area contributed by atoms with Crippen LogP contribution < -0.4 is 10.6 Å². The first kappa shape index (κ1) is 16.5. The van der Waals surface area contributed by atoms with Crippen molar-refractivity contribution in [1.29, 1.82) is 5.26 Å². The van der Waals surface area contributed by atoms with E-state index in [0.29, 0.717) is 13.1 Å². The third-order valence-electron chi connectivity index (χ3n) is 4.21. The smallest absolute Gasteiger partial charge is 0.266 e. The summed E-state index contributed by atoms with van der Waals surface area (Å²) in [7, 11) is 2.00. The Balaban J connectivity index is 1.91. The molecule has 2 fully saturated rings. The number of piperidine rings is 1. The van der Waals surface area contributed by atoms with Crippen LogP contribution in [-0.2, 0) is 9.59 Å². The summed E-state index contributed by atoms with van der Waals surface area (Å²) in [5.41, 5.74) is -0.00756. The van der Waals surface area contributed by atoms with Gasteiger partial charge in [0.25, 0.3) is 5.91 Å². The molecule has 0 aliphatic carbocycles. The number of rotatable bonds is 3. The molecule has 7 nitrogen and oxygen atoms in total. The molecule has 0 unspecified atom stereocenters. The molecular weight excluding hydrogens is 282 g/mol. The van der Waals surface area contributed by atoms with Gasteiger partial charge in [-0.3, -0.25) is 9.59 Å². The van der Waals surface area contributed by atoms with Gasteiger partial charge in [-0.15, -0.1) is 0 Å². The Morgan fingerprint density at radius 1 is 1.23 bits per heavy atom. The van der Waals surface area contributed by atoms with Gasteiger partial charge in [0, 0.05) is 38.3 Å². The number of nitrogens with zero attached hydrogens (tertiary/aromatic N) is 3. The van der Waals surface area contributed by atoms with Crippen molar-refractivity contribution in [3.63, 3.8) is 0 Å². The number of hydrogen-bond acceptors (Lipinski definition) is 5. The van der Waals surface area contributed by atoms with Gasteiger partial charge in [0.1, 0.15) is 11.6 Å². The quantitative estimate of drug-likeness (QED) is 0.531. The molecule has 2 saturated heterocycles. The summed E-state index contributed by atoms with van der Waals surface area (Å²) >= 11 is 0. The average molecular weight is 305 g/mol. The number of likely N-dealkylation sites (N-methyl/N-ethyl adjacent to an activating group) is 1. The Hall–Kier alpha value is -1.91. The zero-order valence-corrected chi connectivity index (χ0v) is 13.0. The van der Waals surface area contributed by atoms with Crippen molar-refractivity contribution in [3.8, 4) is 6.07 Å². The van der Waals surface area contributed by atoms with Crippen LogP contribution in [-0.4, -0.2) is 67.9 Å². The SMILES string of the molecule is CN1CCN(C(=O)/C(C#N)=C\NC(=O)C2CCNCC2)CC1. The van der Waals surface area contributed by atoms with Gasteiger partial charge in [-0.1, -0.05) is 0 Å². The van der Waals surface area contributed by atoms with Gasteiger partial charge in [-0.05, 0) is 33.0 Å².